The fourth-order valence-electron chi connectivity index (χ4n) is 5.68. The van der Waals surface area contributed by atoms with Gasteiger partial charge >= 0.3 is 0 Å². The van der Waals surface area contributed by atoms with E-state index in [-0.39, 0.29) is 29.1 Å². The molecule has 0 bridgehead atoms. The van der Waals surface area contributed by atoms with Crippen molar-refractivity contribution in [3.05, 3.63) is 57.9 Å². The highest BCUT2D eigenvalue weighted by Gasteiger charge is 2.57. The Balaban J connectivity index is 1.21. The third-order valence-electron chi connectivity index (χ3n) is 8.17. The minimum Gasteiger partial charge on any atom is -0.494 e. The standard InChI is InChI=1S/C29H32BrFN6O4/c1-35-27(38)25-18(29(35)7-8-29)5-4-6-23(25)41-26-19(30)17-32-28(34-26)33-21-15-20(31)22(16-24(21)40-3)37-11-9-36(10-12-37)13-14-39-2/h4-6,15-17H,7-14H2,1-3H3,(H,32,33,34). The van der Waals surface area contributed by atoms with Crippen LogP contribution in [0.15, 0.2) is 41.0 Å². The molecule has 2 aromatic carbocycles. The number of methoxy groups -OCH3 is 2. The number of amides is 1. The maximum Gasteiger partial charge on any atom is 0.258 e. The Bertz CT molecular complexity index is 1480. The Morgan fingerprint density at radius 1 is 1.12 bits per heavy atom. The summed E-state index contributed by atoms with van der Waals surface area (Å²) in [6, 6.07) is 8.74. The molecular formula is C29H32BrFN6O4. The van der Waals surface area contributed by atoms with Crippen molar-refractivity contribution in [2.24, 2.45) is 0 Å². The number of piperazine rings is 1. The quantitative estimate of drug-likeness (QED) is 0.361. The zero-order valence-electron chi connectivity index (χ0n) is 23.2. The maximum absolute atomic E-state index is 15.4. The van der Waals surface area contributed by atoms with Gasteiger partial charge in [0.1, 0.15) is 17.3 Å². The average Bonchev–Trinajstić information content (AvgIpc) is 3.76. The molecule has 1 N–H and O–H groups in total. The van der Waals surface area contributed by atoms with Gasteiger partial charge in [-0.05, 0) is 40.4 Å². The number of aromatic nitrogens is 2. The lowest BCUT2D eigenvalue weighted by Gasteiger charge is -2.36. The average molecular weight is 628 g/mol. The zero-order valence-corrected chi connectivity index (χ0v) is 24.8. The van der Waals surface area contributed by atoms with Crippen LogP contribution in [-0.2, 0) is 10.3 Å². The molecule has 6 rings (SSSR count). The lowest BCUT2D eigenvalue weighted by atomic mass is 10.0. The van der Waals surface area contributed by atoms with Crippen LogP contribution in [0.25, 0.3) is 0 Å². The lowest BCUT2D eigenvalue weighted by molar-refractivity contribution is 0.0753. The van der Waals surface area contributed by atoms with Crippen LogP contribution in [0.4, 0.5) is 21.7 Å². The van der Waals surface area contributed by atoms with Gasteiger partial charge in [0.05, 0.1) is 46.9 Å². The molecule has 216 valence electrons. The zero-order chi connectivity index (χ0) is 28.7. The molecule has 3 heterocycles. The first kappa shape index (κ1) is 27.7. The first-order valence-corrected chi connectivity index (χ1v) is 14.4. The van der Waals surface area contributed by atoms with Crippen LogP contribution in [0, 0.1) is 5.82 Å². The highest BCUT2D eigenvalue weighted by Crippen LogP contribution is 2.57. The van der Waals surface area contributed by atoms with Crippen LogP contribution < -0.4 is 19.7 Å². The molecular weight excluding hydrogens is 595 g/mol. The number of hydrogen-bond acceptors (Lipinski definition) is 9. The lowest BCUT2D eigenvalue weighted by Crippen LogP contribution is -2.47. The summed E-state index contributed by atoms with van der Waals surface area (Å²) in [5, 5.41) is 3.07. The first-order valence-electron chi connectivity index (χ1n) is 13.6. The molecule has 12 heteroatoms. The van der Waals surface area contributed by atoms with Gasteiger partial charge in [-0.1, -0.05) is 12.1 Å². The number of nitrogens with one attached hydrogen (secondary N) is 1. The third kappa shape index (κ3) is 5.08. The monoisotopic (exact) mass is 626 g/mol. The number of carbonyl (C=O) groups is 1. The van der Waals surface area contributed by atoms with E-state index >= 15 is 4.39 Å². The van der Waals surface area contributed by atoms with Crippen LogP contribution in [0.2, 0.25) is 0 Å². The molecule has 1 saturated heterocycles. The number of benzene rings is 2. The summed E-state index contributed by atoms with van der Waals surface area (Å²) < 4.78 is 32.8. The van der Waals surface area contributed by atoms with Crippen LogP contribution >= 0.6 is 15.9 Å². The van der Waals surface area contributed by atoms with E-state index in [1.165, 1.54) is 6.07 Å². The van der Waals surface area contributed by atoms with E-state index in [1.54, 1.807) is 37.4 Å². The van der Waals surface area contributed by atoms with Gasteiger partial charge in [-0.25, -0.2) is 9.37 Å². The van der Waals surface area contributed by atoms with Crippen LogP contribution in [0.3, 0.4) is 0 Å². The molecule has 0 radical (unpaired) electrons. The van der Waals surface area contributed by atoms with E-state index in [1.807, 2.05) is 24.1 Å². The van der Waals surface area contributed by atoms with Crippen molar-refractivity contribution in [2.45, 2.75) is 18.4 Å². The Labute approximate surface area is 246 Å². The van der Waals surface area contributed by atoms with Crippen molar-refractivity contribution in [3.63, 3.8) is 0 Å². The fourth-order valence-corrected chi connectivity index (χ4v) is 5.95. The van der Waals surface area contributed by atoms with Crippen LogP contribution in [0.1, 0.15) is 28.8 Å². The van der Waals surface area contributed by atoms with E-state index in [2.05, 4.69) is 36.1 Å². The molecule has 41 heavy (non-hydrogen) atoms. The van der Waals surface area contributed by atoms with E-state index in [0.717, 1.165) is 38.0 Å². The normalized spacial score (nSPS) is 17.6. The molecule has 1 amide bonds. The number of carbonyl (C=O) groups excluding carboxylic acids is 1. The van der Waals surface area contributed by atoms with Crippen molar-refractivity contribution in [1.82, 2.24) is 19.8 Å². The third-order valence-corrected chi connectivity index (χ3v) is 8.71. The summed E-state index contributed by atoms with van der Waals surface area (Å²) in [7, 11) is 5.07. The van der Waals surface area contributed by atoms with Crippen molar-refractivity contribution in [2.75, 3.05) is 70.8 Å². The molecule has 0 unspecified atom stereocenters. The van der Waals surface area contributed by atoms with E-state index in [4.69, 9.17) is 14.2 Å². The predicted octanol–water partition coefficient (Wildman–Crippen LogP) is 4.77. The van der Waals surface area contributed by atoms with E-state index < -0.39 is 0 Å². The molecule has 1 aromatic heterocycles. The van der Waals surface area contributed by atoms with Crippen molar-refractivity contribution < 1.29 is 23.4 Å². The smallest absolute Gasteiger partial charge is 0.258 e. The van der Waals surface area contributed by atoms with Gasteiger partial charge in [-0.3, -0.25) is 9.69 Å². The number of anilines is 3. The minimum atomic E-state index is -0.372. The first-order chi connectivity index (χ1) is 19.8. The molecule has 0 atom stereocenters. The molecule has 1 aliphatic carbocycles. The summed E-state index contributed by atoms with van der Waals surface area (Å²) in [6.45, 7) is 4.60. The summed E-state index contributed by atoms with van der Waals surface area (Å²) in [5.74, 6) is 0.878. The molecule has 2 aliphatic heterocycles. The Morgan fingerprint density at radius 2 is 1.90 bits per heavy atom. The summed E-state index contributed by atoms with van der Waals surface area (Å²) in [6.07, 6.45) is 3.43. The second kappa shape index (κ2) is 11.1. The molecule has 1 saturated carbocycles. The van der Waals surface area contributed by atoms with Crippen molar-refractivity contribution in [3.8, 4) is 17.4 Å². The molecule has 3 aliphatic rings. The Hall–Kier alpha value is -3.48. The number of halogens is 2. The van der Waals surface area contributed by atoms with Gasteiger partial charge in [-0.2, -0.15) is 4.98 Å². The highest BCUT2D eigenvalue weighted by atomic mass is 79.9. The SMILES string of the molecule is COCCN1CCN(c2cc(OC)c(Nc3ncc(Br)c(Oc4cccc5c4C(=O)N(C)C54CC4)n3)cc2F)CC1. The number of fused-ring (bicyclic) bond motifs is 2. The maximum atomic E-state index is 15.4. The van der Waals surface area contributed by atoms with Crippen LogP contribution in [-0.4, -0.2) is 86.3 Å². The number of rotatable bonds is 9. The highest BCUT2D eigenvalue weighted by molar-refractivity contribution is 9.10. The van der Waals surface area contributed by atoms with Crippen molar-refractivity contribution in [1.29, 1.82) is 0 Å². The van der Waals surface area contributed by atoms with E-state index in [0.29, 0.717) is 52.6 Å². The van der Waals surface area contributed by atoms with Crippen molar-refractivity contribution >= 4 is 39.2 Å². The van der Waals surface area contributed by atoms with Gasteiger partial charge in [-0.15, -0.1) is 0 Å². The second-order valence-electron chi connectivity index (χ2n) is 10.5. The number of nitrogens with zero attached hydrogens (tertiary/aromatic N) is 5. The van der Waals surface area contributed by atoms with Gasteiger partial charge in [0.2, 0.25) is 11.8 Å². The largest absolute Gasteiger partial charge is 0.494 e. The van der Waals surface area contributed by atoms with Gasteiger partial charge < -0.3 is 29.3 Å². The molecule has 2 fully saturated rings. The summed E-state index contributed by atoms with van der Waals surface area (Å²) in [5.41, 5.74) is 2.20. The van der Waals surface area contributed by atoms with Gasteiger partial charge in [0.15, 0.2) is 0 Å². The van der Waals surface area contributed by atoms with Gasteiger partial charge in [0.25, 0.3) is 5.91 Å². The summed E-state index contributed by atoms with van der Waals surface area (Å²) in [4.78, 5) is 28.1. The number of hydrogen-bond donors (Lipinski definition) is 1. The van der Waals surface area contributed by atoms with Gasteiger partial charge in [0, 0.05) is 59.0 Å². The topological polar surface area (TPSA) is 92.3 Å². The molecule has 1 spiro atoms. The number of ether oxygens (including phenoxy) is 3. The molecule has 10 nitrogen and oxygen atoms in total. The Morgan fingerprint density at radius 3 is 2.61 bits per heavy atom. The fraction of sp³-hybridized carbons (Fsp3) is 0.414. The minimum absolute atomic E-state index is 0.0617. The summed E-state index contributed by atoms with van der Waals surface area (Å²) >= 11 is 3.45. The van der Waals surface area contributed by atoms with E-state index in [9.17, 15) is 4.79 Å². The predicted molar refractivity (Wildman–Crippen MR) is 156 cm³/mol. The Kier molecular flexibility index (Phi) is 7.47. The molecule has 3 aromatic rings. The van der Waals surface area contributed by atoms with Crippen LogP contribution in [0.5, 0.6) is 17.4 Å². The second-order valence-corrected chi connectivity index (χ2v) is 11.3.